The van der Waals surface area contributed by atoms with E-state index in [4.69, 9.17) is 0 Å². The number of carbonyl (C=O) groups excluding carboxylic acids is 1. The van der Waals surface area contributed by atoms with E-state index in [1.54, 1.807) is 0 Å². The van der Waals surface area contributed by atoms with Crippen molar-refractivity contribution >= 4 is 11.9 Å². The lowest BCUT2D eigenvalue weighted by Crippen LogP contribution is -2.58. The quantitative estimate of drug-likeness (QED) is 0.778. The van der Waals surface area contributed by atoms with E-state index in [2.05, 4.69) is 24.4 Å². The van der Waals surface area contributed by atoms with E-state index >= 15 is 0 Å². The Morgan fingerprint density at radius 2 is 2.10 bits per heavy atom. The number of rotatable bonds is 3. The Labute approximate surface area is 119 Å². The van der Waals surface area contributed by atoms with Gasteiger partial charge in [-0.2, -0.15) is 0 Å². The standard InChI is InChI=1S/C16H23NO3/c1-10-3-2-6-16(9-10,15(19)20)17-14(18)13-8-11-4-5-12(13)7-11/h4-5,10-13H,2-3,6-9H2,1H3,(H,17,18)(H,19,20). The van der Waals surface area contributed by atoms with Crippen LogP contribution in [0.1, 0.15) is 45.4 Å². The first kappa shape index (κ1) is 13.7. The van der Waals surface area contributed by atoms with Crippen molar-refractivity contribution in [1.29, 1.82) is 0 Å². The Bertz CT molecular complexity index is 459. The topological polar surface area (TPSA) is 66.4 Å². The number of carboxylic acid groups (broad SMARTS) is 1. The molecule has 4 nitrogen and oxygen atoms in total. The summed E-state index contributed by atoms with van der Waals surface area (Å²) >= 11 is 0. The summed E-state index contributed by atoms with van der Waals surface area (Å²) in [5.41, 5.74) is -1.03. The number of nitrogens with one attached hydrogen (secondary N) is 1. The van der Waals surface area contributed by atoms with Crippen molar-refractivity contribution < 1.29 is 14.7 Å². The van der Waals surface area contributed by atoms with Gasteiger partial charge in [-0.3, -0.25) is 4.79 Å². The molecule has 0 aromatic carbocycles. The predicted octanol–water partition coefficient (Wildman–Crippen LogP) is 2.35. The second kappa shape index (κ2) is 4.90. The van der Waals surface area contributed by atoms with E-state index < -0.39 is 11.5 Å². The number of aliphatic carboxylic acids is 1. The Morgan fingerprint density at radius 1 is 1.30 bits per heavy atom. The normalized spacial score (nSPS) is 42.6. The molecule has 4 heteroatoms. The Morgan fingerprint density at radius 3 is 2.65 bits per heavy atom. The molecule has 5 unspecified atom stereocenters. The van der Waals surface area contributed by atoms with E-state index in [-0.39, 0.29) is 11.8 Å². The molecule has 0 aliphatic heterocycles. The highest BCUT2D eigenvalue weighted by molar-refractivity contribution is 5.88. The van der Waals surface area contributed by atoms with E-state index in [1.165, 1.54) is 0 Å². The van der Waals surface area contributed by atoms with Gasteiger partial charge in [-0.25, -0.2) is 4.79 Å². The molecule has 2 saturated carbocycles. The number of carbonyl (C=O) groups is 2. The molecule has 3 aliphatic carbocycles. The van der Waals surface area contributed by atoms with Crippen LogP contribution < -0.4 is 5.32 Å². The van der Waals surface area contributed by atoms with Crippen LogP contribution in [-0.2, 0) is 9.59 Å². The fourth-order valence-electron chi connectivity index (χ4n) is 4.32. The van der Waals surface area contributed by atoms with Gasteiger partial charge in [0.2, 0.25) is 5.91 Å². The van der Waals surface area contributed by atoms with Crippen molar-refractivity contribution in [3.63, 3.8) is 0 Å². The zero-order valence-corrected chi connectivity index (χ0v) is 12.0. The lowest BCUT2D eigenvalue weighted by atomic mass is 9.76. The van der Waals surface area contributed by atoms with Crippen molar-refractivity contribution in [2.45, 2.75) is 51.0 Å². The maximum atomic E-state index is 12.5. The number of allylic oxidation sites excluding steroid dienone is 2. The predicted molar refractivity (Wildman–Crippen MR) is 75.0 cm³/mol. The van der Waals surface area contributed by atoms with Crippen LogP contribution in [0.5, 0.6) is 0 Å². The van der Waals surface area contributed by atoms with Crippen LogP contribution in [-0.4, -0.2) is 22.5 Å². The summed E-state index contributed by atoms with van der Waals surface area (Å²) in [5, 5.41) is 12.5. The van der Waals surface area contributed by atoms with E-state index in [0.29, 0.717) is 30.6 Å². The average Bonchev–Trinajstić information content (AvgIpc) is 3.00. The fraction of sp³-hybridized carbons (Fsp3) is 0.750. The summed E-state index contributed by atoms with van der Waals surface area (Å²) in [7, 11) is 0. The molecule has 1 amide bonds. The van der Waals surface area contributed by atoms with Crippen LogP contribution in [0.4, 0.5) is 0 Å². The molecule has 110 valence electrons. The van der Waals surface area contributed by atoms with Gasteiger partial charge in [-0.15, -0.1) is 0 Å². The molecule has 20 heavy (non-hydrogen) atoms. The van der Waals surface area contributed by atoms with Gasteiger partial charge >= 0.3 is 5.97 Å². The summed E-state index contributed by atoms with van der Waals surface area (Å²) in [6.45, 7) is 2.07. The van der Waals surface area contributed by atoms with Crippen LogP contribution in [0.25, 0.3) is 0 Å². The van der Waals surface area contributed by atoms with Crippen molar-refractivity contribution in [1.82, 2.24) is 5.32 Å². The van der Waals surface area contributed by atoms with Gasteiger partial charge in [0.05, 0.1) is 0 Å². The number of hydrogen-bond acceptors (Lipinski definition) is 2. The van der Waals surface area contributed by atoms with Gasteiger partial charge in [-0.05, 0) is 43.4 Å². The minimum atomic E-state index is -1.03. The summed E-state index contributed by atoms with van der Waals surface area (Å²) in [6.07, 6.45) is 9.35. The Balaban J connectivity index is 1.72. The highest BCUT2D eigenvalue weighted by Crippen LogP contribution is 2.44. The third-order valence-corrected chi connectivity index (χ3v) is 5.38. The molecule has 2 fully saturated rings. The van der Waals surface area contributed by atoms with Crippen LogP contribution >= 0.6 is 0 Å². The largest absolute Gasteiger partial charge is 0.480 e. The zero-order valence-electron chi connectivity index (χ0n) is 12.0. The van der Waals surface area contributed by atoms with Gasteiger partial charge < -0.3 is 10.4 Å². The first-order valence-electron chi connectivity index (χ1n) is 7.74. The summed E-state index contributed by atoms with van der Waals surface area (Å²) in [5.74, 6) is 0.293. The first-order chi connectivity index (χ1) is 9.50. The van der Waals surface area contributed by atoms with Crippen LogP contribution in [0.2, 0.25) is 0 Å². The van der Waals surface area contributed by atoms with Crippen molar-refractivity contribution in [3.8, 4) is 0 Å². The Kier molecular flexibility index (Phi) is 3.35. The molecule has 3 rings (SSSR count). The molecular formula is C16H23NO3. The summed E-state index contributed by atoms with van der Waals surface area (Å²) in [4.78, 5) is 24.2. The molecule has 3 aliphatic rings. The first-order valence-corrected chi connectivity index (χ1v) is 7.74. The summed E-state index contributed by atoms with van der Waals surface area (Å²) in [6, 6.07) is 0. The van der Waals surface area contributed by atoms with Crippen LogP contribution in [0.15, 0.2) is 12.2 Å². The highest BCUT2D eigenvalue weighted by Gasteiger charge is 2.47. The molecule has 5 atom stereocenters. The molecule has 0 aromatic rings. The molecule has 0 spiro atoms. The Hall–Kier alpha value is -1.32. The number of fused-ring (bicyclic) bond motifs is 2. The SMILES string of the molecule is CC1CCCC(NC(=O)C2CC3C=CC2C3)(C(=O)O)C1. The van der Waals surface area contributed by atoms with E-state index in [0.717, 1.165) is 25.7 Å². The minimum Gasteiger partial charge on any atom is -0.480 e. The average molecular weight is 277 g/mol. The van der Waals surface area contributed by atoms with Crippen molar-refractivity contribution in [3.05, 3.63) is 12.2 Å². The van der Waals surface area contributed by atoms with Gasteiger partial charge in [0.15, 0.2) is 0 Å². The molecule has 0 saturated heterocycles. The molecule has 2 bridgehead atoms. The second-order valence-corrected chi connectivity index (χ2v) is 6.96. The van der Waals surface area contributed by atoms with Gasteiger partial charge in [0, 0.05) is 5.92 Å². The smallest absolute Gasteiger partial charge is 0.329 e. The third kappa shape index (κ3) is 2.25. The van der Waals surface area contributed by atoms with Gasteiger partial charge in [-0.1, -0.05) is 31.9 Å². The highest BCUT2D eigenvalue weighted by atomic mass is 16.4. The zero-order chi connectivity index (χ0) is 14.3. The molecular weight excluding hydrogens is 254 g/mol. The third-order valence-electron chi connectivity index (χ3n) is 5.38. The number of hydrogen-bond donors (Lipinski definition) is 2. The number of amides is 1. The lowest BCUT2D eigenvalue weighted by Gasteiger charge is -2.38. The maximum absolute atomic E-state index is 12.5. The minimum absolute atomic E-state index is 0.0153. The van der Waals surface area contributed by atoms with Crippen molar-refractivity contribution in [2.24, 2.45) is 23.7 Å². The van der Waals surface area contributed by atoms with Gasteiger partial charge in [0.25, 0.3) is 0 Å². The summed E-state index contributed by atoms with van der Waals surface area (Å²) < 4.78 is 0. The lowest BCUT2D eigenvalue weighted by molar-refractivity contribution is -0.151. The molecule has 0 heterocycles. The van der Waals surface area contributed by atoms with Gasteiger partial charge in [0.1, 0.15) is 5.54 Å². The number of carboxylic acids is 1. The maximum Gasteiger partial charge on any atom is 0.329 e. The van der Waals surface area contributed by atoms with Crippen LogP contribution in [0.3, 0.4) is 0 Å². The van der Waals surface area contributed by atoms with E-state index in [1.807, 2.05) is 0 Å². The second-order valence-electron chi connectivity index (χ2n) is 6.96. The fourth-order valence-corrected chi connectivity index (χ4v) is 4.32. The molecule has 0 radical (unpaired) electrons. The van der Waals surface area contributed by atoms with E-state index in [9.17, 15) is 14.7 Å². The van der Waals surface area contributed by atoms with Crippen molar-refractivity contribution in [2.75, 3.05) is 0 Å². The van der Waals surface area contributed by atoms with Crippen LogP contribution in [0, 0.1) is 23.7 Å². The monoisotopic (exact) mass is 277 g/mol. The molecule has 2 N–H and O–H groups in total. The molecule has 0 aromatic heterocycles.